The van der Waals surface area contributed by atoms with E-state index in [9.17, 15) is 19.5 Å². The largest absolute Gasteiger partial charge is 0.481 e. The third-order valence-electron chi connectivity index (χ3n) is 5.12. The first-order chi connectivity index (χ1) is 10.6. The number of carboxylic acid groups (broad SMARTS) is 1. The Balaban J connectivity index is 2.32. The van der Waals surface area contributed by atoms with Gasteiger partial charge in [0, 0.05) is 24.3 Å². The number of carboxylic acids is 1. The van der Waals surface area contributed by atoms with E-state index in [1.54, 1.807) is 18.7 Å². The summed E-state index contributed by atoms with van der Waals surface area (Å²) in [5.41, 5.74) is 1.34. The van der Waals surface area contributed by atoms with E-state index in [1.807, 2.05) is 13.8 Å². The molecule has 1 fully saturated rings. The number of carbonyl (C=O) groups excluding carboxylic acids is 2. The minimum absolute atomic E-state index is 0.0583. The van der Waals surface area contributed by atoms with Gasteiger partial charge < -0.3 is 15.0 Å². The maximum atomic E-state index is 12.8. The fourth-order valence-corrected chi connectivity index (χ4v) is 3.55. The van der Waals surface area contributed by atoms with Gasteiger partial charge in [0.05, 0.1) is 5.41 Å². The highest BCUT2D eigenvalue weighted by Crippen LogP contribution is 2.39. The van der Waals surface area contributed by atoms with Crippen molar-refractivity contribution in [2.75, 3.05) is 13.1 Å². The number of likely N-dealkylation sites (tertiary alicyclic amines) is 1. The number of aryl methyl sites for hydroxylation is 1. The van der Waals surface area contributed by atoms with Gasteiger partial charge >= 0.3 is 5.97 Å². The van der Waals surface area contributed by atoms with E-state index in [0.717, 1.165) is 0 Å². The van der Waals surface area contributed by atoms with Crippen molar-refractivity contribution in [3.8, 4) is 0 Å². The van der Waals surface area contributed by atoms with Crippen LogP contribution in [-0.2, 0) is 4.79 Å². The Hall–Kier alpha value is -2.11. The van der Waals surface area contributed by atoms with Crippen LogP contribution in [0.4, 0.5) is 0 Å². The molecule has 1 unspecified atom stereocenters. The van der Waals surface area contributed by atoms with Crippen molar-refractivity contribution in [3.05, 3.63) is 22.5 Å². The van der Waals surface area contributed by atoms with Crippen LogP contribution in [0.5, 0.6) is 0 Å². The van der Waals surface area contributed by atoms with Gasteiger partial charge in [-0.05, 0) is 38.7 Å². The maximum absolute atomic E-state index is 12.8. The van der Waals surface area contributed by atoms with Gasteiger partial charge in [0.15, 0.2) is 5.78 Å². The second kappa shape index (κ2) is 5.83. The van der Waals surface area contributed by atoms with Crippen LogP contribution >= 0.6 is 0 Å². The van der Waals surface area contributed by atoms with Crippen LogP contribution in [0.3, 0.4) is 0 Å². The summed E-state index contributed by atoms with van der Waals surface area (Å²) in [5.74, 6) is -1.23. The standard InChI is InChI=1S/C17H24N2O4/c1-9(2)17(16(22)23)6-7-19(8-17)15(21)14-10(3)13(12(5)20)11(4)18-14/h9,18H,6-8H2,1-5H3,(H,22,23). The Bertz CT molecular complexity index is 674. The number of Topliss-reactive ketones (excluding diaryl/α,β-unsaturated/α-hetero) is 1. The Labute approximate surface area is 135 Å². The minimum atomic E-state index is -0.894. The Kier molecular flexibility index (Phi) is 4.37. The van der Waals surface area contributed by atoms with Crippen molar-refractivity contribution < 1.29 is 19.5 Å². The predicted molar refractivity (Wildman–Crippen MR) is 85.7 cm³/mol. The molecule has 1 amide bonds. The number of ketones is 1. The topological polar surface area (TPSA) is 90.5 Å². The summed E-state index contributed by atoms with van der Waals surface area (Å²) in [6, 6.07) is 0. The molecule has 1 atom stereocenters. The number of aromatic amines is 1. The molecular weight excluding hydrogens is 296 g/mol. The molecule has 1 aliphatic heterocycles. The van der Waals surface area contributed by atoms with Crippen LogP contribution in [0.15, 0.2) is 0 Å². The summed E-state index contributed by atoms with van der Waals surface area (Å²) in [6.45, 7) is 9.35. The molecule has 0 aliphatic carbocycles. The van der Waals surface area contributed by atoms with Crippen LogP contribution in [0.25, 0.3) is 0 Å². The zero-order valence-electron chi connectivity index (χ0n) is 14.3. The zero-order valence-corrected chi connectivity index (χ0v) is 14.3. The van der Waals surface area contributed by atoms with Gasteiger partial charge in [-0.15, -0.1) is 0 Å². The van der Waals surface area contributed by atoms with Crippen LogP contribution in [0.1, 0.15) is 59.3 Å². The van der Waals surface area contributed by atoms with Crippen LogP contribution in [0.2, 0.25) is 0 Å². The van der Waals surface area contributed by atoms with Crippen LogP contribution in [0, 0.1) is 25.2 Å². The summed E-state index contributed by atoms with van der Waals surface area (Å²) in [7, 11) is 0. The molecular formula is C17H24N2O4. The lowest BCUT2D eigenvalue weighted by Gasteiger charge is -2.28. The summed E-state index contributed by atoms with van der Waals surface area (Å²) in [6.07, 6.45) is 0.448. The Morgan fingerprint density at radius 1 is 1.26 bits per heavy atom. The maximum Gasteiger partial charge on any atom is 0.311 e. The van der Waals surface area contributed by atoms with E-state index < -0.39 is 11.4 Å². The minimum Gasteiger partial charge on any atom is -0.481 e. The molecule has 1 saturated heterocycles. The molecule has 2 rings (SSSR count). The molecule has 0 saturated carbocycles. The summed E-state index contributed by atoms with van der Waals surface area (Å²) in [4.78, 5) is 40.8. The number of rotatable bonds is 4. The highest BCUT2D eigenvalue weighted by molar-refractivity contribution is 6.02. The van der Waals surface area contributed by atoms with Gasteiger partial charge in [-0.25, -0.2) is 0 Å². The number of hydrogen-bond donors (Lipinski definition) is 2. The van der Waals surface area contributed by atoms with Crippen LogP contribution < -0.4 is 0 Å². The molecule has 0 radical (unpaired) electrons. The molecule has 0 spiro atoms. The molecule has 2 N–H and O–H groups in total. The number of aliphatic carboxylic acids is 1. The molecule has 0 aromatic carbocycles. The van der Waals surface area contributed by atoms with Crippen LogP contribution in [-0.4, -0.2) is 45.7 Å². The number of nitrogens with zero attached hydrogens (tertiary/aromatic N) is 1. The molecule has 6 heteroatoms. The SMILES string of the molecule is CC(=O)c1c(C)[nH]c(C(=O)N2CCC(C(=O)O)(C(C)C)C2)c1C. The Morgan fingerprint density at radius 3 is 2.26 bits per heavy atom. The molecule has 2 heterocycles. The second-order valence-corrected chi connectivity index (χ2v) is 6.77. The molecule has 0 bridgehead atoms. The van der Waals surface area contributed by atoms with Gasteiger partial charge in [0.1, 0.15) is 5.69 Å². The summed E-state index contributed by atoms with van der Waals surface area (Å²) in [5, 5.41) is 9.59. The number of aromatic nitrogens is 1. The van der Waals surface area contributed by atoms with Crippen molar-refractivity contribution in [1.29, 1.82) is 0 Å². The second-order valence-electron chi connectivity index (χ2n) is 6.77. The van der Waals surface area contributed by atoms with Gasteiger partial charge in [-0.3, -0.25) is 14.4 Å². The van der Waals surface area contributed by atoms with Crippen molar-refractivity contribution in [1.82, 2.24) is 9.88 Å². The smallest absolute Gasteiger partial charge is 0.311 e. The normalized spacial score (nSPS) is 21.0. The molecule has 1 aromatic rings. The van der Waals surface area contributed by atoms with E-state index in [1.165, 1.54) is 6.92 Å². The zero-order chi connectivity index (χ0) is 17.5. The lowest BCUT2D eigenvalue weighted by Crippen LogP contribution is -2.40. The van der Waals surface area contributed by atoms with Gasteiger partial charge in [0.2, 0.25) is 0 Å². The first-order valence-electron chi connectivity index (χ1n) is 7.84. The average molecular weight is 320 g/mol. The highest BCUT2D eigenvalue weighted by Gasteiger charge is 2.48. The van der Waals surface area contributed by atoms with Gasteiger partial charge in [-0.1, -0.05) is 13.8 Å². The molecule has 23 heavy (non-hydrogen) atoms. The number of nitrogens with one attached hydrogen (secondary N) is 1. The fraction of sp³-hybridized carbons (Fsp3) is 0.588. The van der Waals surface area contributed by atoms with E-state index in [0.29, 0.717) is 35.5 Å². The molecule has 126 valence electrons. The number of amides is 1. The summed E-state index contributed by atoms with van der Waals surface area (Å²) >= 11 is 0. The monoisotopic (exact) mass is 320 g/mol. The van der Waals surface area contributed by atoms with Crippen molar-refractivity contribution in [2.45, 2.75) is 41.0 Å². The molecule has 6 nitrogen and oxygen atoms in total. The van der Waals surface area contributed by atoms with Crippen molar-refractivity contribution in [3.63, 3.8) is 0 Å². The highest BCUT2D eigenvalue weighted by atomic mass is 16.4. The molecule has 1 aliphatic rings. The van der Waals surface area contributed by atoms with Gasteiger partial charge in [-0.2, -0.15) is 0 Å². The third-order valence-corrected chi connectivity index (χ3v) is 5.12. The van der Waals surface area contributed by atoms with E-state index in [-0.39, 0.29) is 24.2 Å². The summed E-state index contributed by atoms with van der Waals surface area (Å²) < 4.78 is 0. The quantitative estimate of drug-likeness (QED) is 0.834. The average Bonchev–Trinajstić information content (AvgIpc) is 3.00. The number of hydrogen-bond acceptors (Lipinski definition) is 3. The lowest BCUT2D eigenvalue weighted by molar-refractivity contribution is -0.150. The van der Waals surface area contributed by atoms with Crippen molar-refractivity contribution >= 4 is 17.7 Å². The first-order valence-corrected chi connectivity index (χ1v) is 7.84. The lowest BCUT2D eigenvalue weighted by atomic mass is 9.76. The van der Waals surface area contributed by atoms with E-state index >= 15 is 0 Å². The Morgan fingerprint density at radius 2 is 1.87 bits per heavy atom. The number of H-pyrrole nitrogens is 1. The molecule has 1 aromatic heterocycles. The first kappa shape index (κ1) is 17.2. The predicted octanol–water partition coefficient (Wildman–Crippen LogP) is 2.41. The van der Waals surface area contributed by atoms with E-state index in [4.69, 9.17) is 0 Å². The fourth-order valence-electron chi connectivity index (χ4n) is 3.55. The van der Waals surface area contributed by atoms with E-state index in [2.05, 4.69) is 4.98 Å². The third kappa shape index (κ3) is 2.66. The van der Waals surface area contributed by atoms with Crippen molar-refractivity contribution in [2.24, 2.45) is 11.3 Å². The van der Waals surface area contributed by atoms with Gasteiger partial charge in [0.25, 0.3) is 5.91 Å². The number of carbonyl (C=O) groups is 3.